The van der Waals surface area contributed by atoms with Crippen molar-refractivity contribution in [2.24, 2.45) is 0 Å². The minimum Gasteiger partial charge on any atom is -0.398 e. The first-order valence-electron chi connectivity index (χ1n) is 5.40. The van der Waals surface area contributed by atoms with Crippen LogP contribution >= 0.6 is 50.7 Å². The van der Waals surface area contributed by atoms with Crippen molar-refractivity contribution in [2.75, 3.05) is 11.1 Å². The van der Waals surface area contributed by atoms with Gasteiger partial charge in [0.1, 0.15) is 0 Å². The molecular weight excluding hydrogens is 386 g/mol. The number of anilines is 2. The second-order valence-electron chi connectivity index (χ2n) is 3.89. The average molecular weight is 394 g/mol. The molecule has 0 radical (unpaired) electrons. The molecule has 0 spiro atoms. The molecule has 0 aliphatic heterocycles. The number of hydrogen-bond donors (Lipinski definition) is 2. The number of nitrogen functional groups attached to an aromatic ring is 1. The SMILES string of the molecule is Nc1cccc(C(=O)Nc2ccc(Br)c(Cl)c2Cl)c1Cl. The first-order valence-corrected chi connectivity index (χ1v) is 7.33. The molecule has 0 aliphatic rings. The summed E-state index contributed by atoms with van der Waals surface area (Å²) in [5.74, 6) is -0.414. The topological polar surface area (TPSA) is 55.1 Å². The summed E-state index contributed by atoms with van der Waals surface area (Å²) in [6.07, 6.45) is 0. The number of hydrogen-bond acceptors (Lipinski definition) is 2. The summed E-state index contributed by atoms with van der Waals surface area (Å²) in [6.45, 7) is 0. The van der Waals surface area contributed by atoms with E-state index in [9.17, 15) is 4.79 Å². The summed E-state index contributed by atoms with van der Waals surface area (Å²) in [6, 6.07) is 8.15. The number of rotatable bonds is 2. The zero-order valence-corrected chi connectivity index (χ0v) is 13.7. The van der Waals surface area contributed by atoms with E-state index in [-0.39, 0.29) is 15.6 Å². The van der Waals surface area contributed by atoms with E-state index in [1.807, 2.05) is 0 Å². The molecule has 7 heteroatoms. The van der Waals surface area contributed by atoms with Crippen molar-refractivity contribution in [1.29, 1.82) is 0 Å². The fourth-order valence-electron chi connectivity index (χ4n) is 1.54. The van der Waals surface area contributed by atoms with Crippen LogP contribution in [0, 0.1) is 0 Å². The normalized spacial score (nSPS) is 10.4. The van der Waals surface area contributed by atoms with E-state index in [2.05, 4.69) is 21.2 Å². The smallest absolute Gasteiger partial charge is 0.257 e. The summed E-state index contributed by atoms with van der Waals surface area (Å²) in [5, 5.41) is 3.41. The van der Waals surface area contributed by atoms with Gasteiger partial charge in [0.05, 0.1) is 32.0 Å². The molecule has 2 rings (SSSR count). The molecule has 2 aromatic rings. The van der Waals surface area contributed by atoms with E-state index in [1.54, 1.807) is 30.3 Å². The van der Waals surface area contributed by atoms with Crippen molar-refractivity contribution in [2.45, 2.75) is 0 Å². The third-order valence-electron chi connectivity index (χ3n) is 2.56. The van der Waals surface area contributed by atoms with Gasteiger partial charge in [-0.05, 0) is 40.2 Å². The molecular formula is C13H8BrCl3N2O. The minimum atomic E-state index is -0.414. The van der Waals surface area contributed by atoms with Gasteiger partial charge in [-0.3, -0.25) is 4.79 Å². The van der Waals surface area contributed by atoms with E-state index in [1.165, 1.54) is 0 Å². The molecule has 0 atom stereocenters. The minimum absolute atomic E-state index is 0.198. The zero-order valence-electron chi connectivity index (χ0n) is 9.88. The van der Waals surface area contributed by atoms with Crippen LogP contribution in [0.4, 0.5) is 11.4 Å². The van der Waals surface area contributed by atoms with Gasteiger partial charge >= 0.3 is 0 Å². The van der Waals surface area contributed by atoms with Crippen molar-refractivity contribution >= 4 is 68.0 Å². The van der Waals surface area contributed by atoms with Crippen molar-refractivity contribution in [3.8, 4) is 0 Å². The Morgan fingerprint density at radius 2 is 1.75 bits per heavy atom. The Morgan fingerprint density at radius 3 is 2.45 bits per heavy atom. The van der Waals surface area contributed by atoms with Crippen molar-refractivity contribution < 1.29 is 4.79 Å². The number of nitrogens with two attached hydrogens (primary N) is 1. The Labute approximate surface area is 139 Å². The van der Waals surface area contributed by atoms with Crippen LogP contribution in [0.5, 0.6) is 0 Å². The maximum absolute atomic E-state index is 12.2. The Kier molecular flexibility index (Phi) is 4.81. The lowest BCUT2D eigenvalue weighted by atomic mass is 10.2. The summed E-state index contributed by atoms with van der Waals surface area (Å²) < 4.78 is 0.643. The zero-order chi connectivity index (χ0) is 14.9. The molecule has 20 heavy (non-hydrogen) atoms. The highest BCUT2D eigenvalue weighted by Gasteiger charge is 2.15. The number of amides is 1. The first-order chi connectivity index (χ1) is 9.41. The van der Waals surface area contributed by atoms with Crippen LogP contribution < -0.4 is 11.1 Å². The maximum Gasteiger partial charge on any atom is 0.257 e. The molecule has 104 valence electrons. The first kappa shape index (κ1) is 15.4. The highest BCUT2D eigenvalue weighted by Crippen LogP contribution is 2.36. The van der Waals surface area contributed by atoms with Crippen LogP contribution in [-0.2, 0) is 0 Å². The third-order valence-corrected chi connectivity index (χ3v) is 4.75. The highest BCUT2D eigenvalue weighted by molar-refractivity contribution is 9.10. The van der Waals surface area contributed by atoms with Gasteiger partial charge in [0.15, 0.2) is 0 Å². The molecule has 0 unspecified atom stereocenters. The lowest BCUT2D eigenvalue weighted by molar-refractivity contribution is 0.102. The van der Waals surface area contributed by atoms with Crippen LogP contribution in [-0.4, -0.2) is 5.91 Å². The number of nitrogens with one attached hydrogen (secondary N) is 1. The van der Waals surface area contributed by atoms with E-state index in [0.29, 0.717) is 20.9 Å². The van der Waals surface area contributed by atoms with Gasteiger partial charge in [-0.2, -0.15) is 0 Å². The summed E-state index contributed by atoms with van der Waals surface area (Å²) in [4.78, 5) is 12.2. The molecule has 0 aliphatic carbocycles. The van der Waals surface area contributed by atoms with E-state index >= 15 is 0 Å². The van der Waals surface area contributed by atoms with Crippen LogP contribution in [0.3, 0.4) is 0 Å². The number of carbonyl (C=O) groups is 1. The van der Waals surface area contributed by atoms with Crippen LogP contribution in [0.15, 0.2) is 34.8 Å². The van der Waals surface area contributed by atoms with Gasteiger partial charge in [-0.15, -0.1) is 0 Å². The van der Waals surface area contributed by atoms with Crippen LogP contribution in [0.25, 0.3) is 0 Å². The summed E-state index contributed by atoms with van der Waals surface area (Å²) in [7, 11) is 0. The monoisotopic (exact) mass is 392 g/mol. The lowest BCUT2D eigenvalue weighted by Gasteiger charge is -2.11. The van der Waals surface area contributed by atoms with Gasteiger partial charge in [-0.1, -0.05) is 40.9 Å². The Morgan fingerprint density at radius 1 is 1.05 bits per heavy atom. The lowest BCUT2D eigenvalue weighted by Crippen LogP contribution is -2.13. The van der Waals surface area contributed by atoms with Gasteiger partial charge in [0.25, 0.3) is 5.91 Å². The van der Waals surface area contributed by atoms with E-state index < -0.39 is 5.91 Å². The molecule has 0 saturated carbocycles. The van der Waals surface area contributed by atoms with E-state index in [0.717, 1.165) is 0 Å². The second-order valence-corrected chi connectivity index (χ2v) is 5.87. The van der Waals surface area contributed by atoms with Gasteiger partial charge in [0, 0.05) is 4.47 Å². The molecule has 1 amide bonds. The second kappa shape index (κ2) is 6.22. The molecule has 0 heterocycles. The fraction of sp³-hybridized carbons (Fsp3) is 0. The van der Waals surface area contributed by atoms with Gasteiger partial charge in [0.2, 0.25) is 0 Å². The fourth-order valence-corrected chi connectivity index (χ4v) is 2.57. The summed E-state index contributed by atoms with van der Waals surface area (Å²) in [5.41, 5.74) is 6.65. The Balaban J connectivity index is 2.33. The number of halogens is 4. The van der Waals surface area contributed by atoms with E-state index in [4.69, 9.17) is 40.5 Å². The molecule has 3 nitrogen and oxygen atoms in total. The average Bonchev–Trinajstić information content (AvgIpc) is 2.42. The van der Waals surface area contributed by atoms with Gasteiger partial charge < -0.3 is 11.1 Å². The Hall–Kier alpha value is -0.940. The van der Waals surface area contributed by atoms with Crippen molar-refractivity contribution in [3.05, 3.63) is 55.4 Å². The predicted octanol–water partition coefficient (Wildman–Crippen LogP) is 5.24. The maximum atomic E-state index is 12.2. The van der Waals surface area contributed by atoms with Crippen LogP contribution in [0.1, 0.15) is 10.4 Å². The summed E-state index contributed by atoms with van der Waals surface area (Å²) >= 11 is 21.3. The van der Waals surface area contributed by atoms with Crippen molar-refractivity contribution in [1.82, 2.24) is 0 Å². The van der Waals surface area contributed by atoms with Crippen LogP contribution in [0.2, 0.25) is 15.1 Å². The predicted molar refractivity (Wildman–Crippen MR) is 88.0 cm³/mol. The van der Waals surface area contributed by atoms with Crippen molar-refractivity contribution in [3.63, 3.8) is 0 Å². The molecule has 0 saturated heterocycles. The van der Waals surface area contributed by atoms with Gasteiger partial charge in [-0.25, -0.2) is 0 Å². The molecule has 0 aromatic heterocycles. The Bertz CT molecular complexity index is 692. The molecule has 0 fully saturated rings. The quantitative estimate of drug-likeness (QED) is 0.540. The number of carbonyl (C=O) groups excluding carboxylic acids is 1. The third kappa shape index (κ3) is 3.04. The molecule has 3 N–H and O–H groups in total. The molecule has 0 bridgehead atoms. The highest BCUT2D eigenvalue weighted by atomic mass is 79.9. The number of benzene rings is 2. The molecule has 2 aromatic carbocycles. The standard InChI is InChI=1S/C13H8BrCl3N2O/c14-7-4-5-9(12(17)11(7)16)19-13(20)6-2-1-3-8(18)10(6)15/h1-5H,18H2,(H,19,20). The largest absolute Gasteiger partial charge is 0.398 e.